The van der Waals surface area contributed by atoms with Crippen molar-refractivity contribution in [1.82, 2.24) is 0 Å². The maximum Gasteiger partial charge on any atom is 0.0766 e. The summed E-state index contributed by atoms with van der Waals surface area (Å²) in [7, 11) is 0. The minimum atomic E-state index is -0.457. The van der Waals surface area contributed by atoms with Gasteiger partial charge < -0.3 is 5.32 Å². The molecule has 0 bridgehead atoms. The molecule has 0 saturated heterocycles. The van der Waals surface area contributed by atoms with Crippen molar-refractivity contribution in [3.05, 3.63) is 64.7 Å². The molecule has 2 aromatic rings. The topological polar surface area (TPSA) is 35.8 Å². The molecule has 0 spiro atoms. The molecular formula is C17H17ClN2. The van der Waals surface area contributed by atoms with E-state index >= 15 is 0 Å². The Kier molecular flexibility index (Phi) is 4.32. The third-order valence-corrected chi connectivity index (χ3v) is 3.70. The van der Waals surface area contributed by atoms with Crippen LogP contribution in [0.4, 0.5) is 5.69 Å². The van der Waals surface area contributed by atoms with Crippen molar-refractivity contribution < 1.29 is 0 Å². The normalized spacial score (nSPS) is 10.9. The summed E-state index contributed by atoms with van der Waals surface area (Å²) in [5, 5.41) is 13.2. The molecule has 1 N–H and O–H groups in total. The van der Waals surface area contributed by atoms with E-state index in [1.54, 1.807) is 0 Å². The van der Waals surface area contributed by atoms with Gasteiger partial charge in [-0.2, -0.15) is 5.26 Å². The zero-order valence-corrected chi connectivity index (χ0v) is 12.4. The van der Waals surface area contributed by atoms with Gasteiger partial charge >= 0.3 is 0 Å². The van der Waals surface area contributed by atoms with Crippen molar-refractivity contribution in [1.29, 1.82) is 5.26 Å². The fourth-order valence-corrected chi connectivity index (χ4v) is 2.11. The first-order valence-corrected chi connectivity index (χ1v) is 6.90. The molecule has 2 nitrogen and oxygen atoms in total. The number of hydrogen-bond donors (Lipinski definition) is 1. The molecule has 0 radical (unpaired) electrons. The van der Waals surface area contributed by atoms with Crippen LogP contribution in [-0.2, 0) is 12.0 Å². The third kappa shape index (κ3) is 3.31. The summed E-state index contributed by atoms with van der Waals surface area (Å²) in [4.78, 5) is 0. The lowest BCUT2D eigenvalue weighted by molar-refractivity contribution is 0.687. The van der Waals surface area contributed by atoms with Crippen LogP contribution < -0.4 is 5.32 Å². The fourth-order valence-electron chi connectivity index (χ4n) is 1.91. The van der Waals surface area contributed by atoms with Crippen molar-refractivity contribution in [2.45, 2.75) is 25.8 Å². The quantitative estimate of drug-likeness (QED) is 0.879. The number of nitrogens with zero attached hydrogens (tertiary/aromatic N) is 1. The van der Waals surface area contributed by atoms with E-state index in [-0.39, 0.29) is 0 Å². The van der Waals surface area contributed by atoms with Gasteiger partial charge in [-0.15, -0.1) is 0 Å². The van der Waals surface area contributed by atoms with Gasteiger partial charge in [0, 0.05) is 17.3 Å². The zero-order chi connectivity index (χ0) is 14.6. The lowest BCUT2D eigenvalue weighted by Crippen LogP contribution is -2.13. The van der Waals surface area contributed by atoms with E-state index in [0.29, 0.717) is 6.54 Å². The summed E-state index contributed by atoms with van der Waals surface area (Å²) < 4.78 is 0. The smallest absolute Gasteiger partial charge is 0.0766 e. The van der Waals surface area contributed by atoms with Crippen LogP contribution in [0, 0.1) is 11.3 Å². The highest BCUT2D eigenvalue weighted by Crippen LogP contribution is 2.24. The molecule has 20 heavy (non-hydrogen) atoms. The van der Waals surface area contributed by atoms with Crippen molar-refractivity contribution >= 4 is 17.3 Å². The van der Waals surface area contributed by atoms with Gasteiger partial charge in [-0.1, -0.05) is 41.9 Å². The summed E-state index contributed by atoms with van der Waals surface area (Å²) in [6.45, 7) is 4.51. The maximum absolute atomic E-state index is 9.12. The van der Waals surface area contributed by atoms with Gasteiger partial charge in [-0.25, -0.2) is 0 Å². The highest BCUT2D eigenvalue weighted by molar-refractivity contribution is 6.31. The second-order valence-electron chi connectivity index (χ2n) is 5.26. The van der Waals surface area contributed by atoms with Crippen LogP contribution in [-0.4, -0.2) is 0 Å². The van der Waals surface area contributed by atoms with Gasteiger partial charge in [0.25, 0.3) is 0 Å². The number of nitrogens with one attached hydrogen (secondary N) is 1. The first-order chi connectivity index (χ1) is 9.53. The maximum atomic E-state index is 9.12. The van der Waals surface area contributed by atoms with Crippen molar-refractivity contribution in [3.8, 4) is 6.07 Å². The third-order valence-electron chi connectivity index (χ3n) is 3.33. The predicted molar refractivity (Wildman–Crippen MR) is 83.9 cm³/mol. The number of nitriles is 1. The van der Waals surface area contributed by atoms with Crippen molar-refractivity contribution in [2.75, 3.05) is 5.32 Å². The first kappa shape index (κ1) is 14.4. The Hall–Kier alpha value is -1.98. The van der Waals surface area contributed by atoms with E-state index in [1.165, 1.54) is 0 Å². The van der Waals surface area contributed by atoms with Crippen LogP contribution in [0.15, 0.2) is 48.5 Å². The summed E-state index contributed by atoms with van der Waals surface area (Å²) in [6.07, 6.45) is 0. The van der Waals surface area contributed by atoms with E-state index in [1.807, 2.05) is 62.4 Å². The minimum Gasteiger partial charge on any atom is -0.381 e. The van der Waals surface area contributed by atoms with Crippen LogP contribution in [0.3, 0.4) is 0 Å². The molecule has 2 rings (SSSR count). The van der Waals surface area contributed by atoms with Gasteiger partial charge in [-0.05, 0) is 43.2 Å². The Morgan fingerprint density at radius 1 is 1.10 bits per heavy atom. The highest BCUT2D eigenvalue weighted by Gasteiger charge is 2.18. The second-order valence-corrected chi connectivity index (χ2v) is 5.67. The van der Waals surface area contributed by atoms with Crippen LogP contribution in [0.2, 0.25) is 5.02 Å². The zero-order valence-electron chi connectivity index (χ0n) is 11.7. The molecule has 0 aromatic heterocycles. The van der Waals surface area contributed by atoms with Crippen LogP contribution in [0.1, 0.15) is 25.0 Å². The molecule has 0 unspecified atom stereocenters. The molecule has 0 aliphatic carbocycles. The average molecular weight is 285 g/mol. The molecular weight excluding hydrogens is 268 g/mol. The molecule has 0 atom stereocenters. The predicted octanol–water partition coefficient (Wildman–Crippen LogP) is 4.75. The fraction of sp³-hybridized carbons (Fsp3) is 0.235. The Morgan fingerprint density at radius 3 is 2.35 bits per heavy atom. The van der Waals surface area contributed by atoms with E-state index < -0.39 is 5.41 Å². The Labute approximate surface area is 125 Å². The summed E-state index contributed by atoms with van der Waals surface area (Å²) >= 11 is 6.12. The van der Waals surface area contributed by atoms with Crippen LogP contribution in [0.5, 0.6) is 0 Å². The standard InChI is InChI=1S/C17H17ClN2/c1-17(2,12-19)14-7-9-15(10-8-14)20-11-13-5-3-4-6-16(13)18/h3-10,20H,11H2,1-2H3. The van der Waals surface area contributed by atoms with E-state index in [0.717, 1.165) is 21.8 Å². The molecule has 102 valence electrons. The highest BCUT2D eigenvalue weighted by atomic mass is 35.5. The number of halogens is 1. The molecule has 0 fully saturated rings. The summed E-state index contributed by atoms with van der Waals surface area (Å²) in [5.74, 6) is 0. The van der Waals surface area contributed by atoms with Gasteiger partial charge in [0.15, 0.2) is 0 Å². The Balaban J connectivity index is 2.06. The Morgan fingerprint density at radius 2 is 1.75 bits per heavy atom. The molecule has 0 heterocycles. The van der Waals surface area contributed by atoms with Crippen LogP contribution >= 0.6 is 11.6 Å². The lowest BCUT2D eigenvalue weighted by atomic mass is 9.86. The molecule has 0 amide bonds. The van der Waals surface area contributed by atoms with Gasteiger partial charge in [0.2, 0.25) is 0 Å². The number of hydrogen-bond acceptors (Lipinski definition) is 2. The van der Waals surface area contributed by atoms with Gasteiger partial charge in [0.05, 0.1) is 11.5 Å². The molecule has 3 heteroatoms. The largest absolute Gasteiger partial charge is 0.381 e. The van der Waals surface area contributed by atoms with Crippen molar-refractivity contribution in [2.24, 2.45) is 0 Å². The van der Waals surface area contributed by atoms with E-state index in [4.69, 9.17) is 16.9 Å². The summed E-state index contributed by atoms with van der Waals surface area (Å²) in [6, 6.07) is 18.0. The first-order valence-electron chi connectivity index (χ1n) is 6.52. The molecule has 2 aromatic carbocycles. The van der Waals surface area contributed by atoms with E-state index in [2.05, 4.69) is 11.4 Å². The Bertz CT molecular complexity index is 624. The van der Waals surface area contributed by atoms with Crippen LogP contribution in [0.25, 0.3) is 0 Å². The minimum absolute atomic E-state index is 0.457. The lowest BCUT2D eigenvalue weighted by Gasteiger charge is -2.16. The number of rotatable bonds is 4. The number of benzene rings is 2. The molecule has 0 saturated carbocycles. The SMILES string of the molecule is CC(C)(C#N)c1ccc(NCc2ccccc2Cl)cc1. The monoisotopic (exact) mass is 284 g/mol. The second kappa shape index (κ2) is 5.98. The average Bonchev–Trinajstić information content (AvgIpc) is 2.47. The van der Waals surface area contributed by atoms with E-state index in [9.17, 15) is 0 Å². The number of anilines is 1. The van der Waals surface area contributed by atoms with Gasteiger partial charge in [-0.3, -0.25) is 0 Å². The molecule has 0 aliphatic heterocycles. The molecule has 0 aliphatic rings. The summed E-state index contributed by atoms with van der Waals surface area (Å²) in [5.41, 5.74) is 2.64. The van der Waals surface area contributed by atoms with Crippen molar-refractivity contribution in [3.63, 3.8) is 0 Å². The van der Waals surface area contributed by atoms with Gasteiger partial charge in [0.1, 0.15) is 0 Å².